The maximum absolute atomic E-state index is 12.1. The predicted octanol–water partition coefficient (Wildman–Crippen LogP) is 2.62. The summed E-state index contributed by atoms with van der Waals surface area (Å²) in [5.41, 5.74) is 2.88. The third kappa shape index (κ3) is 5.96. The molecule has 5 nitrogen and oxygen atoms in total. The molecule has 1 heterocycles. The second-order valence-electron chi connectivity index (χ2n) is 6.64. The first-order valence-electron chi connectivity index (χ1n) is 8.91. The smallest absolute Gasteiger partial charge is 0.243 e. The zero-order chi connectivity index (χ0) is 17.4. The van der Waals surface area contributed by atoms with Crippen molar-refractivity contribution < 1.29 is 9.59 Å². The molecular weight excluding hydrogens is 302 g/mol. The highest BCUT2D eigenvalue weighted by Crippen LogP contribution is 2.19. The first-order valence-corrected chi connectivity index (χ1v) is 8.91. The van der Waals surface area contributed by atoms with Gasteiger partial charge in [-0.2, -0.15) is 0 Å². The van der Waals surface area contributed by atoms with Gasteiger partial charge < -0.3 is 10.6 Å². The Morgan fingerprint density at radius 1 is 0.958 bits per heavy atom. The van der Waals surface area contributed by atoms with Crippen molar-refractivity contribution in [2.24, 2.45) is 0 Å². The van der Waals surface area contributed by atoms with Gasteiger partial charge in [-0.05, 0) is 50.9 Å². The monoisotopic (exact) mass is 331 g/mol. The fourth-order valence-corrected chi connectivity index (χ4v) is 3.10. The van der Waals surface area contributed by atoms with Crippen LogP contribution in [0.4, 0.5) is 5.69 Å². The van der Waals surface area contributed by atoms with E-state index in [1.165, 1.54) is 19.3 Å². The molecule has 24 heavy (non-hydrogen) atoms. The Balaban J connectivity index is 1.75. The van der Waals surface area contributed by atoms with Crippen LogP contribution in [-0.4, -0.2) is 42.9 Å². The third-order valence-corrected chi connectivity index (χ3v) is 4.51. The SMILES string of the molecule is Cc1cccc(C)c1NC(=O)CNC(=O)CN1CCCCCCC1. The van der Waals surface area contributed by atoms with Crippen molar-refractivity contribution >= 4 is 17.5 Å². The highest BCUT2D eigenvalue weighted by atomic mass is 16.2. The highest BCUT2D eigenvalue weighted by Gasteiger charge is 2.13. The van der Waals surface area contributed by atoms with Gasteiger partial charge in [-0.3, -0.25) is 14.5 Å². The minimum atomic E-state index is -0.187. The highest BCUT2D eigenvalue weighted by molar-refractivity contribution is 5.95. The predicted molar refractivity (Wildman–Crippen MR) is 97.1 cm³/mol. The lowest BCUT2D eigenvalue weighted by Gasteiger charge is -2.23. The summed E-state index contributed by atoms with van der Waals surface area (Å²) >= 11 is 0. The number of hydrogen-bond donors (Lipinski definition) is 2. The van der Waals surface area contributed by atoms with E-state index in [1.54, 1.807) is 0 Å². The molecule has 1 saturated heterocycles. The molecule has 5 heteroatoms. The van der Waals surface area contributed by atoms with Crippen LogP contribution < -0.4 is 10.6 Å². The number of carbonyl (C=O) groups is 2. The van der Waals surface area contributed by atoms with Crippen molar-refractivity contribution in [2.45, 2.75) is 46.0 Å². The van der Waals surface area contributed by atoms with Gasteiger partial charge in [0.15, 0.2) is 0 Å². The molecule has 1 fully saturated rings. The average Bonchev–Trinajstić information content (AvgIpc) is 2.51. The summed E-state index contributed by atoms with van der Waals surface area (Å²) in [5, 5.41) is 5.62. The number of nitrogens with zero attached hydrogens (tertiary/aromatic N) is 1. The van der Waals surface area contributed by atoms with E-state index in [9.17, 15) is 9.59 Å². The van der Waals surface area contributed by atoms with Gasteiger partial charge in [-0.25, -0.2) is 0 Å². The number of rotatable bonds is 5. The number of hydrogen-bond acceptors (Lipinski definition) is 3. The Hall–Kier alpha value is -1.88. The van der Waals surface area contributed by atoms with Crippen molar-refractivity contribution in [3.05, 3.63) is 29.3 Å². The molecule has 1 aliphatic rings. The van der Waals surface area contributed by atoms with Crippen molar-refractivity contribution in [1.82, 2.24) is 10.2 Å². The third-order valence-electron chi connectivity index (χ3n) is 4.51. The van der Waals surface area contributed by atoms with Gasteiger partial charge in [-0.15, -0.1) is 0 Å². The van der Waals surface area contributed by atoms with Crippen LogP contribution in [0.15, 0.2) is 18.2 Å². The second-order valence-corrected chi connectivity index (χ2v) is 6.64. The summed E-state index contributed by atoms with van der Waals surface area (Å²) in [7, 11) is 0. The Kier molecular flexibility index (Phi) is 7.25. The second kappa shape index (κ2) is 9.42. The standard InChI is InChI=1S/C19H29N3O2/c1-15-9-8-10-16(2)19(15)21-17(23)13-20-18(24)14-22-11-6-4-3-5-7-12-22/h8-10H,3-7,11-14H2,1-2H3,(H,20,24)(H,21,23). The quantitative estimate of drug-likeness (QED) is 0.872. The van der Waals surface area contributed by atoms with Crippen molar-refractivity contribution in [1.29, 1.82) is 0 Å². The summed E-state index contributed by atoms with van der Waals surface area (Å²) < 4.78 is 0. The number of nitrogens with one attached hydrogen (secondary N) is 2. The molecule has 0 spiro atoms. The van der Waals surface area contributed by atoms with E-state index >= 15 is 0 Å². The molecule has 1 aliphatic heterocycles. The lowest BCUT2D eigenvalue weighted by Crippen LogP contribution is -2.41. The van der Waals surface area contributed by atoms with E-state index in [1.807, 2.05) is 32.0 Å². The van der Waals surface area contributed by atoms with Crippen LogP contribution in [0.5, 0.6) is 0 Å². The lowest BCUT2D eigenvalue weighted by molar-refractivity contribution is -0.125. The maximum atomic E-state index is 12.1. The molecule has 132 valence electrons. The van der Waals surface area contributed by atoms with E-state index in [-0.39, 0.29) is 18.4 Å². The van der Waals surface area contributed by atoms with Gasteiger partial charge in [-0.1, -0.05) is 37.5 Å². The van der Waals surface area contributed by atoms with Gasteiger partial charge in [0.25, 0.3) is 0 Å². The lowest BCUT2D eigenvalue weighted by atomic mass is 10.1. The van der Waals surface area contributed by atoms with Gasteiger partial charge in [0.1, 0.15) is 0 Å². The normalized spacial score (nSPS) is 16.1. The van der Waals surface area contributed by atoms with Crippen LogP contribution in [0.2, 0.25) is 0 Å². The molecule has 0 aromatic heterocycles. The minimum absolute atomic E-state index is 0.0143. The molecule has 0 aliphatic carbocycles. The Bertz CT molecular complexity index is 543. The zero-order valence-corrected chi connectivity index (χ0v) is 14.9. The number of amides is 2. The number of para-hydroxylation sites is 1. The van der Waals surface area contributed by atoms with Gasteiger partial charge >= 0.3 is 0 Å². The van der Waals surface area contributed by atoms with Gasteiger partial charge in [0, 0.05) is 5.69 Å². The van der Waals surface area contributed by atoms with Crippen LogP contribution in [0.25, 0.3) is 0 Å². The van der Waals surface area contributed by atoms with Crippen LogP contribution in [0, 0.1) is 13.8 Å². The van der Waals surface area contributed by atoms with Crippen molar-refractivity contribution in [3.63, 3.8) is 0 Å². The number of aryl methyl sites for hydroxylation is 2. The van der Waals surface area contributed by atoms with Crippen LogP contribution in [0.1, 0.15) is 43.2 Å². The molecule has 1 aromatic carbocycles. The molecule has 0 atom stereocenters. The summed E-state index contributed by atoms with van der Waals surface area (Å²) in [6.07, 6.45) is 6.10. The fourth-order valence-electron chi connectivity index (χ4n) is 3.10. The molecule has 0 unspecified atom stereocenters. The van der Waals surface area contributed by atoms with E-state index in [2.05, 4.69) is 15.5 Å². The summed E-state index contributed by atoms with van der Waals surface area (Å²) in [6, 6.07) is 5.89. The molecule has 0 radical (unpaired) electrons. The molecule has 2 rings (SSSR count). The Morgan fingerprint density at radius 2 is 1.54 bits per heavy atom. The molecule has 1 aromatic rings. The first-order chi connectivity index (χ1) is 11.6. The molecule has 0 bridgehead atoms. The van der Waals surface area contributed by atoms with Crippen LogP contribution >= 0.6 is 0 Å². The van der Waals surface area contributed by atoms with E-state index in [4.69, 9.17) is 0 Å². The molecule has 2 N–H and O–H groups in total. The summed E-state index contributed by atoms with van der Waals surface area (Å²) in [6.45, 7) is 6.27. The number of benzene rings is 1. The largest absolute Gasteiger partial charge is 0.346 e. The molecule has 0 saturated carbocycles. The van der Waals surface area contributed by atoms with Gasteiger partial charge in [0.05, 0.1) is 13.1 Å². The van der Waals surface area contributed by atoms with Crippen LogP contribution in [0.3, 0.4) is 0 Å². The average molecular weight is 331 g/mol. The van der Waals surface area contributed by atoms with Crippen LogP contribution in [-0.2, 0) is 9.59 Å². The fraction of sp³-hybridized carbons (Fsp3) is 0.579. The van der Waals surface area contributed by atoms with E-state index in [0.29, 0.717) is 6.54 Å². The summed E-state index contributed by atoms with van der Waals surface area (Å²) in [5.74, 6) is -0.263. The molecule has 2 amide bonds. The van der Waals surface area contributed by atoms with Crippen molar-refractivity contribution in [3.8, 4) is 0 Å². The first kappa shape index (κ1) is 18.5. The Labute approximate surface area is 144 Å². The maximum Gasteiger partial charge on any atom is 0.243 e. The van der Waals surface area contributed by atoms with E-state index in [0.717, 1.165) is 42.7 Å². The van der Waals surface area contributed by atoms with Crippen molar-refractivity contribution in [2.75, 3.05) is 31.5 Å². The Morgan fingerprint density at radius 3 is 2.17 bits per heavy atom. The minimum Gasteiger partial charge on any atom is -0.346 e. The number of carbonyl (C=O) groups excluding carboxylic acids is 2. The van der Waals surface area contributed by atoms with E-state index < -0.39 is 0 Å². The topological polar surface area (TPSA) is 61.4 Å². The van der Waals surface area contributed by atoms with Gasteiger partial charge in [0.2, 0.25) is 11.8 Å². The number of likely N-dealkylation sites (tertiary alicyclic amines) is 1. The summed E-state index contributed by atoms with van der Waals surface area (Å²) in [4.78, 5) is 26.3. The molecular formula is C19H29N3O2. The number of anilines is 1. The zero-order valence-electron chi connectivity index (χ0n) is 14.9.